The predicted molar refractivity (Wildman–Crippen MR) is 153 cm³/mol. The van der Waals surface area contributed by atoms with Crippen LogP contribution < -0.4 is 9.64 Å². The quantitative estimate of drug-likeness (QED) is 0.368. The Morgan fingerprint density at radius 1 is 0.927 bits per heavy atom. The number of hydrogen-bond donors (Lipinski definition) is 1. The van der Waals surface area contributed by atoms with Gasteiger partial charge in [0.2, 0.25) is 0 Å². The first-order valence-electron chi connectivity index (χ1n) is 13.9. The SMILES string of the molecule is CC1CCCN1CCCOc1ccc(N2CCN(C(=O)c3cccc4ccccc34)CC2)cc1.O=C(O)C(F)(F)F. The molecule has 2 saturated heterocycles. The number of carboxylic acids is 1. The fourth-order valence-corrected chi connectivity index (χ4v) is 5.29. The zero-order chi connectivity index (χ0) is 29.4. The zero-order valence-corrected chi connectivity index (χ0v) is 23.1. The van der Waals surface area contributed by atoms with Crippen molar-refractivity contribution in [3.8, 4) is 5.75 Å². The fraction of sp³-hybridized carbons (Fsp3) is 0.419. The van der Waals surface area contributed by atoms with Crippen LogP contribution in [0.25, 0.3) is 10.8 Å². The van der Waals surface area contributed by atoms with Crippen molar-refractivity contribution in [2.75, 3.05) is 50.8 Å². The number of likely N-dealkylation sites (tertiary alicyclic amines) is 1. The molecule has 2 aliphatic rings. The molecule has 1 amide bonds. The van der Waals surface area contributed by atoms with Gasteiger partial charge in [-0.25, -0.2) is 4.79 Å². The molecule has 0 spiro atoms. The summed E-state index contributed by atoms with van der Waals surface area (Å²) in [5.41, 5.74) is 1.99. The normalized spacial score (nSPS) is 17.7. The minimum absolute atomic E-state index is 0.128. The number of fused-ring (bicyclic) bond motifs is 1. The first-order chi connectivity index (χ1) is 19.6. The molecule has 0 aliphatic carbocycles. The number of carbonyl (C=O) groups excluding carboxylic acids is 1. The van der Waals surface area contributed by atoms with E-state index in [0.29, 0.717) is 0 Å². The number of carboxylic acid groups (broad SMARTS) is 1. The van der Waals surface area contributed by atoms with Crippen LogP contribution in [0.15, 0.2) is 66.7 Å². The van der Waals surface area contributed by atoms with Crippen molar-refractivity contribution in [1.29, 1.82) is 0 Å². The first kappa shape index (κ1) is 30.2. The van der Waals surface area contributed by atoms with Crippen LogP contribution >= 0.6 is 0 Å². The van der Waals surface area contributed by atoms with Crippen molar-refractivity contribution in [3.05, 3.63) is 72.3 Å². The van der Waals surface area contributed by atoms with E-state index in [1.807, 2.05) is 35.2 Å². The number of anilines is 1. The Bertz CT molecular complexity index is 1300. The van der Waals surface area contributed by atoms with Crippen LogP contribution in [0.5, 0.6) is 5.75 Å². The van der Waals surface area contributed by atoms with Crippen LogP contribution in [0.4, 0.5) is 18.9 Å². The predicted octanol–water partition coefficient (Wildman–Crippen LogP) is 5.69. The molecule has 2 heterocycles. The highest BCUT2D eigenvalue weighted by Gasteiger charge is 2.38. The molecule has 5 rings (SSSR count). The Labute approximate surface area is 238 Å². The summed E-state index contributed by atoms with van der Waals surface area (Å²) in [7, 11) is 0. The van der Waals surface area contributed by atoms with Crippen LogP contribution in [0, 0.1) is 0 Å². The Balaban J connectivity index is 0.000000493. The summed E-state index contributed by atoms with van der Waals surface area (Å²) >= 11 is 0. The summed E-state index contributed by atoms with van der Waals surface area (Å²) in [4.78, 5) is 29.0. The zero-order valence-electron chi connectivity index (χ0n) is 23.1. The van der Waals surface area contributed by atoms with Crippen LogP contribution in [-0.2, 0) is 4.79 Å². The molecule has 7 nitrogen and oxygen atoms in total. The maximum atomic E-state index is 13.2. The Kier molecular flexibility index (Phi) is 10.1. The van der Waals surface area contributed by atoms with Gasteiger partial charge in [-0.2, -0.15) is 13.2 Å². The fourth-order valence-electron chi connectivity index (χ4n) is 5.29. The molecule has 1 atom stereocenters. The van der Waals surface area contributed by atoms with Gasteiger partial charge in [0.25, 0.3) is 5.91 Å². The molecule has 10 heteroatoms. The number of amides is 1. The van der Waals surface area contributed by atoms with Crippen LogP contribution in [0.1, 0.15) is 36.5 Å². The molecule has 3 aromatic rings. The molecule has 41 heavy (non-hydrogen) atoms. The molecule has 2 fully saturated rings. The maximum Gasteiger partial charge on any atom is 0.490 e. The van der Waals surface area contributed by atoms with E-state index in [2.05, 4.69) is 53.1 Å². The van der Waals surface area contributed by atoms with E-state index in [1.165, 1.54) is 25.1 Å². The first-order valence-corrected chi connectivity index (χ1v) is 13.9. The highest BCUT2D eigenvalue weighted by molar-refractivity contribution is 6.07. The average Bonchev–Trinajstić information content (AvgIpc) is 3.39. The van der Waals surface area contributed by atoms with Gasteiger partial charge in [-0.15, -0.1) is 0 Å². The highest BCUT2D eigenvalue weighted by atomic mass is 19.4. The van der Waals surface area contributed by atoms with E-state index in [9.17, 15) is 18.0 Å². The number of ether oxygens (including phenoxy) is 1. The lowest BCUT2D eigenvalue weighted by molar-refractivity contribution is -0.192. The number of benzene rings is 3. The van der Waals surface area contributed by atoms with Gasteiger partial charge in [-0.05, 0) is 73.8 Å². The molecular formula is C31H36F3N3O4. The van der Waals surface area contributed by atoms with Gasteiger partial charge in [-0.1, -0.05) is 36.4 Å². The van der Waals surface area contributed by atoms with E-state index in [4.69, 9.17) is 14.6 Å². The van der Waals surface area contributed by atoms with E-state index in [-0.39, 0.29) is 5.91 Å². The minimum Gasteiger partial charge on any atom is -0.494 e. The number of rotatable bonds is 7. The number of piperazine rings is 1. The van der Waals surface area contributed by atoms with Crippen molar-refractivity contribution in [2.24, 2.45) is 0 Å². The summed E-state index contributed by atoms with van der Waals surface area (Å²) in [6.45, 7) is 8.58. The largest absolute Gasteiger partial charge is 0.494 e. The van der Waals surface area contributed by atoms with Crippen molar-refractivity contribution in [2.45, 2.75) is 38.4 Å². The molecular weight excluding hydrogens is 535 g/mol. The topological polar surface area (TPSA) is 73.3 Å². The standard InChI is InChI=1S/C29H35N3O2.C2HF3O2/c1-23-7-5-16-30(23)17-6-22-34-26-14-12-25(13-15-26)31-18-20-32(21-19-31)29(33)28-11-4-9-24-8-2-3-10-27(24)28;3-2(4,5)1(6)7/h2-4,8-15,23H,5-7,16-22H2,1H3;(H,6,7). The number of nitrogens with zero attached hydrogens (tertiary/aromatic N) is 3. The maximum absolute atomic E-state index is 13.2. The van der Waals surface area contributed by atoms with E-state index < -0.39 is 12.1 Å². The lowest BCUT2D eigenvalue weighted by Crippen LogP contribution is -2.48. The molecule has 2 aliphatic heterocycles. The highest BCUT2D eigenvalue weighted by Crippen LogP contribution is 2.24. The Morgan fingerprint density at radius 2 is 1.59 bits per heavy atom. The second-order valence-corrected chi connectivity index (χ2v) is 10.3. The third kappa shape index (κ3) is 8.13. The van der Waals surface area contributed by atoms with Gasteiger partial charge in [0.1, 0.15) is 5.75 Å². The molecule has 3 aromatic carbocycles. The molecule has 1 unspecified atom stereocenters. The number of alkyl halides is 3. The Morgan fingerprint density at radius 3 is 2.22 bits per heavy atom. The summed E-state index contributed by atoms with van der Waals surface area (Å²) in [6.07, 6.45) is -1.36. The number of hydrogen-bond acceptors (Lipinski definition) is 5. The van der Waals surface area contributed by atoms with Gasteiger partial charge < -0.3 is 24.5 Å². The van der Waals surface area contributed by atoms with Crippen LogP contribution in [0.3, 0.4) is 0 Å². The van der Waals surface area contributed by atoms with E-state index >= 15 is 0 Å². The molecule has 0 saturated carbocycles. The number of aliphatic carboxylic acids is 1. The number of halogens is 3. The molecule has 220 valence electrons. The van der Waals surface area contributed by atoms with Gasteiger partial charge >= 0.3 is 12.1 Å². The summed E-state index contributed by atoms with van der Waals surface area (Å²) < 4.78 is 37.7. The molecule has 0 bridgehead atoms. The second kappa shape index (κ2) is 13.7. The average molecular weight is 572 g/mol. The van der Waals surface area contributed by atoms with Crippen LogP contribution in [-0.4, -0.2) is 84.9 Å². The van der Waals surface area contributed by atoms with Gasteiger partial charge in [0, 0.05) is 50.0 Å². The Hall–Kier alpha value is -3.79. The molecule has 0 radical (unpaired) electrons. The van der Waals surface area contributed by atoms with Crippen molar-refractivity contribution < 1.29 is 32.6 Å². The summed E-state index contributed by atoms with van der Waals surface area (Å²) in [5.74, 6) is -1.70. The van der Waals surface area contributed by atoms with Crippen molar-refractivity contribution in [1.82, 2.24) is 9.80 Å². The third-order valence-corrected chi connectivity index (χ3v) is 7.58. The van der Waals surface area contributed by atoms with Crippen LogP contribution in [0.2, 0.25) is 0 Å². The third-order valence-electron chi connectivity index (χ3n) is 7.58. The smallest absolute Gasteiger partial charge is 0.490 e. The van der Waals surface area contributed by atoms with Gasteiger partial charge in [-0.3, -0.25) is 4.79 Å². The monoisotopic (exact) mass is 571 g/mol. The second-order valence-electron chi connectivity index (χ2n) is 10.3. The molecule has 1 N–H and O–H groups in total. The van der Waals surface area contributed by atoms with Crippen molar-refractivity contribution in [3.63, 3.8) is 0 Å². The van der Waals surface area contributed by atoms with Gasteiger partial charge in [0.05, 0.1) is 6.61 Å². The molecule has 0 aromatic heterocycles. The lowest BCUT2D eigenvalue weighted by atomic mass is 10.0. The lowest BCUT2D eigenvalue weighted by Gasteiger charge is -2.36. The van der Waals surface area contributed by atoms with E-state index in [0.717, 1.165) is 73.9 Å². The minimum atomic E-state index is -5.08. The number of carbonyl (C=O) groups is 2. The summed E-state index contributed by atoms with van der Waals surface area (Å²) in [5, 5.41) is 9.27. The van der Waals surface area contributed by atoms with E-state index in [1.54, 1.807) is 0 Å². The van der Waals surface area contributed by atoms with Gasteiger partial charge in [0.15, 0.2) is 0 Å². The van der Waals surface area contributed by atoms with Crippen molar-refractivity contribution >= 4 is 28.3 Å². The summed E-state index contributed by atoms with van der Waals surface area (Å²) in [6, 6.07) is 23.2.